The van der Waals surface area contributed by atoms with Gasteiger partial charge in [0.25, 0.3) is 0 Å². The van der Waals surface area contributed by atoms with Crippen LogP contribution in [-0.2, 0) is 6.42 Å². The smallest absolute Gasteiger partial charge is 0.147 e. The molecule has 19 heavy (non-hydrogen) atoms. The van der Waals surface area contributed by atoms with E-state index in [0.29, 0.717) is 5.92 Å². The summed E-state index contributed by atoms with van der Waals surface area (Å²) in [6, 6.07) is 4.60. The molecule has 0 spiro atoms. The van der Waals surface area contributed by atoms with Crippen molar-refractivity contribution in [3.05, 3.63) is 46.3 Å². The van der Waals surface area contributed by atoms with E-state index in [1.165, 1.54) is 35.1 Å². The Balaban J connectivity index is 2.13. The van der Waals surface area contributed by atoms with E-state index in [1.807, 2.05) is 7.05 Å². The molecule has 0 saturated carbocycles. The number of hydrogen-bond acceptors (Lipinski definition) is 3. The van der Waals surface area contributed by atoms with Gasteiger partial charge >= 0.3 is 0 Å². The molecule has 1 atom stereocenters. The highest BCUT2D eigenvalue weighted by Crippen LogP contribution is 2.40. The van der Waals surface area contributed by atoms with Crippen LogP contribution in [0.3, 0.4) is 0 Å². The standard InChI is InChI=1S/C16H20N2O/c1-10-7-11(2)15-12(8-10)5-4-6-13(15)16-14(17-3)9-19-18-16/h7-9,13,17H,4-6H2,1-3H3. The van der Waals surface area contributed by atoms with Crippen molar-refractivity contribution in [2.24, 2.45) is 0 Å². The molecule has 1 unspecified atom stereocenters. The SMILES string of the molecule is CNc1conc1C1CCCc2cc(C)cc(C)c21. The number of fused-ring (bicyclic) bond motifs is 1. The van der Waals surface area contributed by atoms with Crippen LogP contribution in [0.15, 0.2) is 22.9 Å². The number of nitrogens with one attached hydrogen (secondary N) is 1. The number of aromatic nitrogens is 1. The van der Waals surface area contributed by atoms with E-state index in [1.54, 1.807) is 6.26 Å². The molecule has 0 fully saturated rings. The molecule has 3 heteroatoms. The third-order valence-electron chi connectivity index (χ3n) is 4.10. The molecule has 1 N–H and O–H groups in total. The van der Waals surface area contributed by atoms with Gasteiger partial charge in [-0.1, -0.05) is 22.9 Å². The molecule has 3 rings (SSSR count). The lowest BCUT2D eigenvalue weighted by Gasteiger charge is -2.27. The molecule has 0 saturated heterocycles. The van der Waals surface area contributed by atoms with Gasteiger partial charge in [0.15, 0.2) is 0 Å². The van der Waals surface area contributed by atoms with Gasteiger partial charge in [0.05, 0.1) is 5.69 Å². The minimum Gasteiger partial charge on any atom is -0.384 e. The Morgan fingerprint density at radius 3 is 2.95 bits per heavy atom. The van der Waals surface area contributed by atoms with Crippen molar-refractivity contribution in [2.45, 2.75) is 39.0 Å². The van der Waals surface area contributed by atoms with Crippen LogP contribution in [0.25, 0.3) is 0 Å². The van der Waals surface area contributed by atoms with Crippen molar-refractivity contribution in [3.63, 3.8) is 0 Å². The molecule has 1 aliphatic carbocycles. The minimum atomic E-state index is 0.366. The van der Waals surface area contributed by atoms with Crippen molar-refractivity contribution in [1.29, 1.82) is 0 Å². The lowest BCUT2D eigenvalue weighted by Crippen LogP contribution is -2.14. The fourth-order valence-corrected chi connectivity index (χ4v) is 3.37. The third kappa shape index (κ3) is 2.03. The predicted molar refractivity (Wildman–Crippen MR) is 76.7 cm³/mol. The number of hydrogen-bond donors (Lipinski definition) is 1. The summed E-state index contributed by atoms with van der Waals surface area (Å²) < 4.78 is 5.16. The third-order valence-corrected chi connectivity index (χ3v) is 4.10. The molecular weight excluding hydrogens is 236 g/mol. The highest BCUT2D eigenvalue weighted by atomic mass is 16.5. The topological polar surface area (TPSA) is 38.1 Å². The summed E-state index contributed by atoms with van der Waals surface area (Å²) in [6.45, 7) is 4.38. The van der Waals surface area contributed by atoms with E-state index in [9.17, 15) is 0 Å². The predicted octanol–water partition coefficient (Wildman–Crippen LogP) is 3.80. The zero-order chi connectivity index (χ0) is 13.4. The molecule has 1 heterocycles. The Kier molecular flexibility index (Phi) is 3.05. The number of anilines is 1. The molecule has 1 aromatic carbocycles. The number of benzene rings is 1. The average Bonchev–Trinajstić information content (AvgIpc) is 2.85. The Hall–Kier alpha value is -1.77. The number of nitrogens with zero attached hydrogens (tertiary/aromatic N) is 1. The highest BCUT2D eigenvalue weighted by molar-refractivity contribution is 5.53. The van der Waals surface area contributed by atoms with Crippen LogP contribution in [0, 0.1) is 13.8 Å². The van der Waals surface area contributed by atoms with Crippen LogP contribution in [0.4, 0.5) is 5.69 Å². The Morgan fingerprint density at radius 1 is 1.32 bits per heavy atom. The van der Waals surface area contributed by atoms with E-state index in [0.717, 1.165) is 17.8 Å². The van der Waals surface area contributed by atoms with Gasteiger partial charge in [0, 0.05) is 13.0 Å². The second-order valence-corrected chi connectivity index (χ2v) is 5.46. The highest BCUT2D eigenvalue weighted by Gasteiger charge is 2.27. The van der Waals surface area contributed by atoms with Crippen LogP contribution >= 0.6 is 0 Å². The van der Waals surface area contributed by atoms with Gasteiger partial charge in [-0.05, 0) is 49.8 Å². The maximum Gasteiger partial charge on any atom is 0.147 e. The van der Waals surface area contributed by atoms with Crippen LogP contribution in [-0.4, -0.2) is 12.2 Å². The van der Waals surface area contributed by atoms with Crippen LogP contribution < -0.4 is 5.32 Å². The molecule has 2 aromatic rings. The van der Waals surface area contributed by atoms with E-state index in [-0.39, 0.29) is 0 Å². The zero-order valence-electron chi connectivity index (χ0n) is 11.8. The minimum absolute atomic E-state index is 0.366. The quantitative estimate of drug-likeness (QED) is 0.888. The number of rotatable bonds is 2. The lowest BCUT2D eigenvalue weighted by molar-refractivity contribution is 0.404. The van der Waals surface area contributed by atoms with Crippen molar-refractivity contribution in [1.82, 2.24) is 5.16 Å². The molecule has 100 valence electrons. The maximum absolute atomic E-state index is 5.16. The molecular formula is C16H20N2O. The molecule has 0 aliphatic heterocycles. The van der Waals surface area contributed by atoms with Gasteiger partial charge in [0.2, 0.25) is 0 Å². The summed E-state index contributed by atoms with van der Waals surface area (Å²) >= 11 is 0. The Morgan fingerprint density at radius 2 is 2.16 bits per heavy atom. The maximum atomic E-state index is 5.16. The van der Waals surface area contributed by atoms with Crippen molar-refractivity contribution in [2.75, 3.05) is 12.4 Å². The van der Waals surface area contributed by atoms with Gasteiger partial charge < -0.3 is 9.84 Å². The van der Waals surface area contributed by atoms with E-state index in [2.05, 4.69) is 36.5 Å². The first-order valence-corrected chi connectivity index (χ1v) is 6.92. The summed E-state index contributed by atoms with van der Waals surface area (Å²) in [5.41, 5.74) is 7.74. The van der Waals surface area contributed by atoms with E-state index < -0.39 is 0 Å². The first-order valence-electron chi connectivity index (χ1n) is 6.92. The summed E-state index contributed by atoms with van der Waals surface area (Å²) in [5.74, 6) is 0.366. The summed E-state index contributed by atoms with van der Waals surface area (Å²) in [4.78, 5) is 0. The van der Waals surface area contributed by atoms with E-state index >= 15 is 0 Å². The Bertz CT molecular complexity index is 601. The fraction of sp³-hybridized carbons (Fsp3) is 0.438. The van der Waals surface area contributed by atoms with Gasteiger partial charge in [-0.3, -0.25) is 0 Å². The number of aryl methyl sites for hydroxylation is 3. The van der Waals surface area contributed by atoms with Crippen LogP contribution in [0.5, 0.6) is 0 Å². The lowest BCUT2D eigenvalue weighted by atomic mass is 9.78. The second kappa shape index (κ2) is 4.72. The molecule has 1 aromatic heterocycles. The van der Waals surface area contributed by atoms with Crippen molar-refractivity contribution < 1.29 is 4.52 Å². The summed E-state index contributed by atoms with van der Waals surface area (Å²) in [5, 5.41) is 7.41. The fourth-order valence-electron chi connectivity index (χ4n) is 3.37. The molecule has 0 bridgehead atoms. The molecule has 3 nitrogen and oxygen atoms in total. The first kappa shape index (κ1) is 12.3. The normalized spacial score (nSPS) is 18.2. The van der Waals surface area contributed by atoms with Crippen LogP contribution in [0.2, 0.25) is 0 Å². The Labute approximate surface area is 114 Å². The monoisotopic (exact) mass is 256 g/mol. The molecule has 0 amide bonds. The first-order chi connectivity index (χ1) is 9.20. The molecule has 0 radical (unpaired) electrons. The zero-order valence-corrected chi connectivity index (χ0v) is 11.8. The van der Waals surface area contributed by atoms with Gasteiger partial charge in [-0.15, -0.1) is 0 Å². The summed E-state index contributed by atoms with van der Waals surface area (Å²) in [7, 11) is 1.92. The van der Waals surface area contributed by atoms with Crippen molar-refractivity contribution in [3.8, 4) is 0 Å². The molecule has 1 aliphatic rings. The van der Waals surface area contributed by atoms with Gasteiger partial charge in [-0.2, -0.15) is 0 Å². The summed E-state index contributed by atoms with van der Waals surface area (Å²) in [6.07, 6.45) is 5.25. The van der Waals surface area contributed by atoms with E-state index in [4.69, 9.17) is 4.52 Å². The average molecular weight is 256 g/mol. The van der Waals surface area contributed by atoms with Crippen molar-refractivity contribution >= 4 is 5.69 Å². The second-order valence-electron chi connectivity index (χ2n) is 5.46. The van der Waals surface area contributed by atoms with Crippen LogP contribution in [0.1, 0.15) is 46.7 Å². The van der Waals surface area contributed by atoms with Gasteiger partial charge in [0.1, 0.15) is 12.0 Å². The largest absolute Gasteiger partial charge is 0.384 e. The van der Waals surface area contributed by atoms with Gasteiger partial charge in [-0.25, -0.2) is 0 Å².